The third kappa shape index (κ3) is 2.67. The van der Waals surface area contributed by atoms with E-state index in [9.17, 15) is 13.2 Å². The molecule has 2 atom stereocenters. The summed E-state index contributed by atoms with van der Waals surface area (Å²) in [6.07, 6.45) is 3.24. The zero-order valence-electron chi connectivity index (χ0n) is 11.5. The van der Waals surface area contributed by atoms with E-state index in [2.05, 4.69) is 0 Å². The van der Waals surface area contributed by atoms with Gasteiger partial charge in [0.25, 0.3) is 15.0 Å². The van der Waals surface area contributed by atoms with E-state index in [4.69, 9.17) is 22.3 Å². The molecule has 0 radical (unpaired) electrons. The second-order valence-electron chi connectivity index (χ2n) is 5.81. The minimum absolute atomic E-state index is 0.132. The average Bonchev–Trinajstić information content (AvgIpc) is 3.02. The van der Waals surface area contributed by atoms with Crippen molar-refractivity contribution in [1.29, 1.82) is 0 Å². The molecular formula is C14H15Cl2NO3S. The molecule has 1 aromatic rings. The van der Waals surface area contributed by atoms with Crippen molar-refractivity contribution in [3.05, 3.63) is 28.3 Å². The van der Waals surface area contributed by atoms with Gasteiger partial charge in [0.15, 0.2) is 0 Å². The Hall–Kier alpha value is -0.780. The van der Waals surface area contributed by atoms with Crippen LogP contribution < -0.4 is 0 Å². The van der Waals surface area contributed by atoms with Gasteiger partial charge in [-0.05, 0) is 49.8 Å². The highest BCUT2D eigenvalue weighted by Crippen LogP contribution is 2.39. The number of hydrogen-bond acceptors (Lipinski definition) is 3. The van der Waals surface area contributed by atoms with Crippen LogP contribution in [0.2, 0.25) is 5.02 Å². The van der Waals surface area contributed by atoms with Crippen molar-refractivity contribution in [2.45, 2.75) is 37.1 Å². The molecule has 1 aliphatic heterocycles. The second-order valence-corrected chi connectivity index (χ2v) is 8.78. The molecule has 0 spiro atoms. The van der Waals surface area contributed by atoms with E-state index in [0.29, 0.717) is 17.0 Å². The lowest BCUT2D eigenvalue weighted by Crippen LogP contribution is -2.38. The largest absolute Gasteiger partial charge is 0.335 e. The molecule has 114 valence electrons. The van der Waals surface area contributed by atoms with E-state index in [-0.39, 0.29) is 21.9 Å². The minimum atomic E-state index is -3.91. The molecule has 1 heterocycles. The van der Waals surface area contributed by atoms with Crippen LogP contribution in [0.15, 0.2) is 17.0 Å². The molecular weight excluding hydrogens is 333 g/mol. The Kier molecular flexibility index (Phi) is 3.71. The quantitative estimate of drug-likeness (QED) is 0.772. The van der Waals surface area contributed by atoms with Crippen molar-refractivity contribution in [2.24, 2.45) is 5.92 Å². The van der Waals surface area contributed by atoms with Gasteiger partial charge in [0.1, 0.15) is 0 Å². The molecule has 1 saturated heterocycles. The maximum absolute atomic E-state index is 12.7. The van der Waals surface area contributed by atoms with Crippen LogP contribution in [0.25, 0.3) is 0 Å². The number of amides is 1. The molecule has 1 aliphatic carbocycles. The first-order chi connectivity index (χ1) is 9.77. The van der Waals surface area contributed by atoms with Gasteiger partial charge in [-0.15, -0.1) is 0 Å². The number of benzene rings is 1. The summed E-state index contributed by atoms with van der Waals surface area (Å²) in [6.45, 7) is 2.47. The highest BCUT2D eigenvalue weighted by atomic mass is 35.7. The predicted octanol–water partition coefficient (Wildman–Crippen LogP) is 3.20. The number of hydrogen-bond donors (Lipinski definition) is 0. The maximum Gasteiger partial charge on any atom is 0.261 e. The van der Waals surface area contributed by atoms with Gasteiger partial charge in [0, 0.05) is 33.9 Å². The van der Waals surface area contributed by atoms with Gasteiger partial charge in [0.2, 0.25) is 0 Å². The third-order valence-electron chi connectivity index (χ3n) is 4.50. The smallest absolute Gasteiger partial charge is 0.261 e. The van der Waals surface area contributed by atoms with Gasteiger partial charge in [-0.2, -0.15) is 0 Å². The first-order valence-electron chi connectivity index (χ1n) is 6.83. The number of likely N-dealkylation sites (tertiary alicyclic amines) is 1. The van der Waals surface area contributed by atoms with E-state index in [1.165, 1.54) is 18.6 Å². The van der Waals surface area contributed by atoms with E-state index in [0.717, 1.165) is 19.4 Å². The Morgan fingerprint density at radius 3 is 2.57 bits per heavy atom. The topological polar surface area (TPSA) is 54.5 Å². The lowest BCUT2D eigenvalue weighted by Gasteiger charge is -2.28. The molecule has 2 aliphatic rings. The van der Waals surface area contributed by atoms with Crippen LogP contribution in [0.5, 0.6) is 0 Å². The summed E-state index contributed by atoms with van der Waals surface area (Å²) in [5.41, 5.74) is 0.919. The Morgan fingerprint density at radius 1 is 1.33 bits per heavy atom. The summed E-state index contributed by atoms with van der Waals surface area (Å²) in [5.74, 6) is 0.429. The number of nitrogens with zero attached hydrogens (tertiary/aromatic N) is 1. The van der Waals surface area contributed by atoms with Crippen molar-refractivity contribution in [1.82, 2.24) is 4.90 Å². The standard InChI is InChI=1S/C14H15Cl2NO3S/c1-8-12(5-11(6-13(8)15)21(16,19)20)14(18)17-7-9-2-3-10(17)4-9/h5-6,9-10H,2-4,7H2,1H3. The van der Waals surface area contributed by atoms with Gasteiger partial charge in [0.05, 0.1) is 4.90 Å². The fourth-order valence-corrected chi connectivity index (χ4v) is 4.41. The van der Waals surface area contributed by atoms with Crippen molar-refractivity contribution >= 4 is 37.2 Å². The van der Waals surface area contributed by atoms with E-state index in [1.807, 2.05) is 4.90 Å². The van der Waals surface area contributed by atoms with Gasteiger partial charge >= 0.3 is 0 Å². The first-order valence-corrected chi connectivity index (χ1v) is 9.52. The van der Waals surface area contributed by atoms with Crippen molar-refractivity contribution in [3.63, 3.8) is 0 Å². The molecule has 0 aromatic heterocycles. The van der Waals surface area contributed by atoms with Crippen LogP contribution in [0, 0.1) is 12.8 Å². The average molecular weight is 348 g/mol. The SMILES string of the molecule is Cc1c(Cl)cc(S(=O)(=O)Cl)cc1C(=O)N1CC2CCC1C2. The van der Waals surface area contributed by atoms with Crippen LogP contribution in [0.4, 0.5) is 0 Å². The highest BCUT2D eigenvalue weighted by molar-refractivity contribution is 8.13. The molecule has 2 unspecified atom stereocenters. The molecule has 1 aromatic carbocycles. The third-order valence-corrected chi connectivity index (χ3v) is 6.23. The molecule has 1 amide bonds. The fraction of sp³-hybridized carbons (Fsp3) is 0.500. The van der Waals surface area contributed by atoms with Gasteiger partial charge < -0.3 is 4.90 Å². The zero-order chi connectivity index (χ0) is 15.4. The summed E-state index contributed by atoms with van der Waals surface area (Å²) in [4.78, 5) is 14.4. The summed E-state index contributed by atoms with van der Waals surface area (Å²) < 4.78 is 23.0. The van der Waals surface area contributed by atoms with Crippen molar-refractivity contribution in [2.75, 3.05) is 6.54 Å². The Balaban J connectivity index is 2.01. The van der Waals surface area contributed by atoms with Crippen molar-refractivity contribution < 1.29 is 13.2 Å². The Morgan fingerprint density at radius 2 is 2.05 bits per heavy atom. The second kappa shape index (κ2) is 5.14. The molecule has 3 rings (SSSR count). The van der Waals surface area contributed by atoms with Gasteiger partial charge in [-0.3, -0.25) is 4.79 Å². The molecule has 2 bridgehead atoms. The number of carbonyl (C=O) groups is 1. The zero-order valence-corrected chi connectivity index (χ0v) is 13.8. The van der Waals surface area contributed by atoms with Gasteiger partial charge in [-0.25, -0.2) is 8.42 Å². The number of halogens is 2. The van der Waals surface area contributed by atoms with E-state index in [1.54, 1.807) is 6.92 Å². The van der Waals surface area contributed by atoms with Crippen LogP contribution in [0.1, 0.15) is 35.2 Å². The highest BCUT2D eigenvalue weighted by Gasteiger charge is 2.41. The normalized spacial score (nSPS) is 24.6. The van der Waals surface area contributed by atoms with Crippen LogP contribution in [0.3, 0.4) is 0 Å². The number of carbonyl (C=O) groups excluding carboxylic acids is 1. The summed E-state index contributed by atoms with van der Waals surface area (Å²) in [7, 11) is 1.46. The number of piperidine rings is 1. The summed E-state index contributed by atoms with van der Waals surface area (Å²) >= 11 is 6.06. The molecule has 0 N–H and O–H groups in total. The molecule has 4 nitrogen and oxygen atoms in total. The predicted molar refractivity (Wildman–Crippen MR) is 81.4 cm³/mol. The summed E-state index contributed by atoms with van der Waals surface area (Å²) in [5, 5.41) is 0.240. The van der Waals surface area contributed by atoms with Crippen molar-refractivity contribution in [3.8, 4) is 0 Å². The Labute approximate surface area is 133 Å². The molecule has 21 heavy (non-hydrogen) atoms. The number of rotatable bonds is 2. The lowest BCUT2D eigenvalue weighted by atomic mass is 10.1. The number of fused-ring (bicyclic) bond motifs is 2. The summed E-state index contributed by atoms with van der Waals surface area (Å²) in [6, 6.07) is 2.89. The first kappa shape index (κ1) is 15.1. The van der Waals surface area contributed by atoms with Crippen LogP contribution in [-0.4, -0.2) is 31.8 Å². The molecule has 7 heteroatoms. The molecule has 2 fully saturated rings. The maximum atomic E-state index is 12.7. The van der Waals surface area contributed by atoms with Gasteiger partial charge in [-0.1, -0.05) is 11.6 Å². The van der Waals surface area contributed by atoms with Crippen LogP contribution >= 0.6 is 22.3 Å². The fourth-order valence-electron chi connectivity index (χ4n) is 3.35. The molecule has 1 saturated carbocycles. The minimum Gasteiger partial charge on any atom is -0.335 e. The lowest BCUT2D eigenvalue weighted by molar-refractivity contribution is 0.0702. The monoisotopic (exact) mass is 347 g/mol. The van der Waals surface area contributed by atoms with E-state index < -0.39 is 9.05 Å². The van der Waals surface area contributed by atoms with Crippen LogP contribution in [-0.2, 0) is 9.05 Å². The van der Waals surface area contributed by atoms with E-state index >= 15 is 0 Å². The Bertz CT molecular complexity index is 717.